The van der Waals surface area contributed by atoms with Crippen molar-refractivity contribution in [3.05, 3.63) is 46.5 Å². The summed E-state index contributed by atoms with van der Waals surface area (Å²) in [5.74, 6) is -0.239. The van der Waals surface area contributed by atoms with Crippen molar-refractivity contribution in [2.24, 2.45) is 0 Å². The first-order chi connectivity index (χ1) is 12.3. The van der Waals surface area contributed by atoms with Crippen LogP contribution in [0.2, 0.25) is 0 Å². The number of carbonyl (C=O) groups is 1. The smallest absolute Gasteiger partial charge is 0.375 e. The van der Waals surface area contributed by atoms with Gasteiger partial charge in [0.25, 0.3) is 0 Å². The Morgan fingerprint density at radius 2 is 2.22 bits per heavy atom. The van der Waals surface area contributed by atoms with Gasteiger partial charge in [-0.1, -0.05) is 18.2 Å². The predicted octanol–water partition coefficient (Wildman–Crippen LogP) is 3.49. The fraction of sp³-hybridized carbons (Fsp3) is 0.412. The first-order valence-corrected chi connectivity index (χ1v) is 8.91. The van der Waals surface area contributed by atoms with E-state index in [-0.39, 0.29) is 24.4 Å². The number of anilines is 1. The Balaban J connectivity index is 0.00000261. The zero-order chi connectivity index (χ0) is 18.7. The van der Waals surface area contributed by atoms with Crippen molar-refractivity contribution in [1.29, 1.82) is 0 Å². The molecule has 0 saturated carbocycles. The molecule has 1 aromatic carbocycles. The normalized spacial score (nSPS) is 20.0. The Hall–Kier alpha value is -1.68. The van der Waals surface area contributed by atoms with Gasteiger partial charge in [-0.2, -0.15) is 13.2 Å². The number of morpholine rings is 1. The highest BCUT2D eigenvalue weighted by Crippen LogP contribution is 2.30. The third kappa shape index (κ3) is 5.65. The number of benzene rings is 1. The minimum absolute atomic E-state index is 0. The van der Waals surface area contributed by atoms with Crippen LogP contribution in [-0.4, -0.2) is 36.2 Å². The van der Waals surface area contributed by atoms with Crippen LogP contribution in [0.15, 0.2) is 30.5 Å². The average molecular weight is 422 g/mol. The molecule has 0 unspecified atom stereocenters. The quantitative estimate of drug-likeness (QED) is 0.793. The first-order valence-electron chi connectivity index (χ1n) is 8.09. The van der Waals surface area contributed by atoms with Crippen molar-refractivity contribution in [3.8, 4) is 0 Å². The van der Waals surface area contributed by atoms with Gasteiger partial charge in [0, 0.05) is 24.0 Å². The van der Waals surface area contributed by atoms with Crippen molar-refractivity contribution < 1.29 is 22.7 Å². The Morgan fingerprint density at radius 1 is 1.44 bits per heavy atom. The van der Waals surface area contributed by atoms with Crippen LogP contribution in [0.5, 0.6) is 0 Å². The monoisotopic (exact) mass is 421 g/mol. The number of thiazole rings is 1. The maximum absolute atomic E-state index is 12.8. The molecule has 0 aliphatic carbocycles. The molecule has 0 bridgehead atoms. The number of hydrogen-bond acceptors (Lipinski definition) is 5. The van der Waals surface area contributed by atoms with E-state index >= 15 is 0 Å². The Bertz CT molecular complexity index is 785. The zero-order valence-electron chi connectivity index (χ0n) is 14.4. The average Bonchev–Trinajstić information content (AvgIpc) is 3.01. The van der Waals surface area contributed by atoms with Gasteiger partial charge in [-0.05, 0) is 18.6 Å². The molecule has 1 saturated heterocycles. The lowest BCUT2D eigenvalue weighted by molar-refractivity contribution is -0.137. The highest BCUT2D eigenvalue weighted by Gasteiger charge is 2.30. The van der Waals surface area contributed by atoms with Crippen LogP contribution < -0.4 is 10.6 Å². The van der Waals surface area contributed by atoms with Gasteiger partial charge in [-0.25, -0.2) is 4.98 Å². The van der Waals surface area contributed by atoms with Crippen molar-refractivity contribution in [3.63, 3.8) is 0 Å². The molecule has 1 aliphatic rings. The molecule has 3 rings (SSSR count). The molecule has 5 nitrogen and oxygen atoms in total. The molecular weight excluding hydrogens is 403 g/mol. The van der Waals surface area contributed by atoms with Crippen molar-refractivity contribution in [2.45, 2.75) is 31.7 Å². The molecule has 0 spiro atoms. The molecule has 2 aromatic rings. The summed E-state index contributed by atoms with van der Waals surface area (Å²) in [6.45, 7) is 2.97. The number of nitrogens with one attached hydrogen (secondary N) is 2. The van der Waals surface area contributed by atoms with Crippen LogP contribution >= 0.6 is 23.7 Å². The summed E-state index contributed by atoms with van der Waals surface area (Å²) >= 11 is 1.24. The van der Waals surface area contributed by atoms with E-state index in [1.807, 2.05) is 6.92 Å². The number of halogens is 4. The van der Waals surface area contributed by atoms with Crippen LogP contribution in [0.4, 0.5) is 18.3 Å². The molecule has 0 radical (unpaired) electrons. The summed E-state index contributed by atoms with van der Waals surface area (Å²) in [4.78, 5) is 17.2. The summed E-state index contributed by atoms with van der Waals surface area (Å²) in [5.41, 5.74) is -0.136. The van der Waals surface area contributed by atoms with E-state index in [1.165, 1.54) is 17.4 Å². The van der Waals surface area contributed by atoms with Crippen LogP contribution in [0.1, 0.15) is 22.9 Å². The number of nitrogens with zero attached hydrogens (tertiary/aromatic N) is 1. The molecule has 2 N–H and O–H groups in total. The summed E-state index contributed by atoms with van der Waals surface area (Å²) in [6.07, 6.45) is -2.73. The number of hydrogen-bond donors (Lipinski definition) is 2. The minimum Gasteiger partial charge on any atom is -0.375 e. The Kier molecular flexibility index (Phi) is 7.21. The predicted molar refractivity (Wildman–Crippen MR) is 99.4 cm³/mol. The van der Waals surface area contributed by atoms with Gasteiger partial charge in [-0.3, -0.25) is 4.79 Å². The highest BCUT2D eigenvalue weighted by atomic mass is 35.5. The third-order valence-electron chi connectivity index (χ3n) is 4.02. The van der Waals surface area contributed by atoms with Crippen LogP contribution in [-0.2, 0) is 22.1 Å². The van der Waals surface area contributed by atoms with E-state index in [0.29, 0.717) is 30.3 Å². The van der Waals surface area contributed by atoms with Crippen molar-refractivity contribution in [2.75, 3.05) is 18.5 Å². The van der Waals surface area contributed by atoms with Crippen LogP contribution in [0.3, 0.4) is 0 Å². The molecule has 1 aromatic heterocycles. The standard InChI is InChI=1S/C17H18F3N3O2S.ClH/c1-10-14(21-5-6-25-10)15(24)23-16-22-9-13(26-16)8-11-3-2-4-12(7-11)17(18,19)20;/h2-4,7,9-10,14,21H,5-6,8H2,1H3,(H,22,23,24);1H/t10-,14+;/m1./s1. The Morgan fingerprint density at radius 3 is 2.93 bits per heavy atom. The molecule has 2 heterocycles. The number of alkyl halides is 3. The second-order valence-electron chi connectivity index (χ2n) is 6.00. The molecule has 1 fully saturated rings. The lowest BCUT2D eigenvalue weighted by Crippen LogP contribution is -2.53. The van der Waals surface area contributed by atoms with Crippen molar-refractivity contribution in [1.82, 2.24) is 10.3 Å². The van der Waals surface area contributed by atoms with E-state index in [0.717, 1.165) is 17.0 Å². The molecular formula is C17H19ClF3N3O2S. The minimum atomic E-state index is -4.37. The van der Waals surface area contributed by atoms with Gasteiger partial charge in [0.15, 0.2) is 5.13 Å². The fourth-order valence-corrected chi connectivity index (χ4v) is 3.57. The van der Waals surface area contributed by atoms with Crippen LogP contribution in [0.25, 0.3) is 0 Å². The molecule has 1 aliphatic heterocycles. The third-order valence-corrected chi connectivity index (χ3v) is 4.93. The van der Waals surface area contributed by atoms with Crippen molar-refractivity contribution >= 4 is 34.8 Å². The van der Waals surface area contributed by atoms with Gasteiger partial charge >= 0.3 is 6.18 Å². The topological polar surface area (TPSA) is 63.2 Å². The first kappa shape index (κ1) is 21.6. The number of aromatic nitrogens is 1. The highest BCUT2D eigenvalue weighted by molar-refractivity contribution is 7.15. The molecule has 10 heteroatoms. The largest absolute Gasteiger partial charge is 0.416 e. The van der Waals surface area contributed by atoms with E-state index in [9.17, 15) is 18.0 Å². The lowest BCUT2D eigenvalue weighted by Gasteiger charge is -2.28. The number of ether oxygens (including phenoxy) is 1. The molecule has 27 heavy (non-hydrogen) atoms. The SMILES string of the molecule is C[C@H]1OCCN[C@@H]1C(=O)Nc1ncc(Cc2cccc(C(F)(F)F)c2)s1.Cl. The maximum atomic E-state index is 12.8. The van der Waals surface area contributed by atoms with Gasteiger partial charge < -0.3 is 15.4 Å². The van der Waals surface area contributed by atoms with Crippen LogP contribution in [0, 0.1) is 0 Å². The van der Waals surface area contributed by atoms with E-state index in [1.54, 1.807) is 12.3 Å². The van der Waals surface area contributed by atoms with Gasteiger partial charge in [0.2, 0.25) is 5.91 Å². The van der Waals surface area contributed by atoms with Gasteiger partial charge in [0.05, 0.1) is 18.3 Å². The molecule has 148 valence electrons. The second-order valence-corrected chi connectivity index (χ2v) is 7.12. The summed E-state index contributed by atoms with van der Waals surface area (Å²) in [7, 11) is 0. The number of carbonyl (C=O) groups excluding carboxylic acids is 1. The maximum Gasteiger partial charge on any atom is 0.416 e. The second kappa shape index (κ2) is 9.01. The van der Waals surface area contributed by atoms with E-state index in [2.05, 4.69) is 15.6 Å². The number of rotatable bonds is 4. The number of amides is 1. The summed E-state index contributed by atoms with van der Waals surface area (Å²) in [5, 5.41) is 6.23. The molecule has 1 amide bonds. The molecule has 2 atom stereocenters. The van der Waals surface area contributed by atoms with Gasteiger partial charge in [0.1, 0.15) is 6.04 Å². The van der Waals surface area contributed by atoms with E-state index in [4.69, 9.17) is 4.74 Å². The Labute approximate surface area is 164 Å². The summed E-state index contributed by atoms with van der Waals surface area (Å²) < 4.78 is 43.8. The van der Waals surface area contributed by atoms with Gasteiger partial charge in [-0.15, -0.1) is 23.7 Å². The van der Waals surface area contributed by atoms with E-state index < -0.39 is 17.8 Å². The lowest BCUT2D eigenvalue weighted by atomic mass is 10.1. The zero-order valence-corrected chi connectivity index (χ0v) is 16.0. The fourth-order valence-electron chi connectivity index (χ4n) is 2.72. The summed E-state index contributed by atoms with van der Waals surface area (Å²) in [6, 6.07) is 4.74.